The average molecular weight is 506 g/mol. The molecule has 7 nitrogen and oxygen atoms in total. The summed E-state index contributed by atoms with van der Waals surface area (Å²) in [5, 5.41) is 7.70. The Hall–Kier alpha value is -3.65. The van der Waals surface area contributed by atoms with Crippen LogP contribution in [0, 0.1) is 12.8 Å². The quantitative estimate of drug-likeness (QED) is 0.400. The average Bonchev–Trinajstić information content (AvgIpc) is 3.48. The Morgan fingerprint density at radius 1 is 1.08 bits per heavy atom. The van der Waals surface area contributed by atoms with Gasteiger partial charge in [0.25, 0.3) is 5.91 Å². The molecule has 36 heavy (non-hydrogen) atoms. The van der Waals surface area contributed by atoms with Crippen LogP contribution in [-0.2, 0) is 16.1 Å². The van der Waals surface area contributed by atoms with E-state index in [-0.39, 0.29) is 18.4 Å². The van der Waals surface area contributed by atoms with E-state index in [1.165, 1.54) is 16.2 Å². The predicted octanol–water partition coefficient (Wildman–Crippen LogP) is 5.53. The summed E-state index contributed by atoms with van der Waals surface area (Å²) in [6.45, 7) is 6.98. The second kappa shape index (κ2) is 11.4. The number of amides is 3. The Morgan fingerprint density at radius 2 is 1.86 bits per heavy atom. The number of hydrogen-bond donors (Lipinski definition) is 2. The fourth-order valence-electron chi connectivity index (χ4n) is 4.16. The van der Waals surface area contributed by atoms with Crippen LogP contribution in [0.2, 0.25) is 0 Å². The van der Waals surface area contributed by atoms with Crippen LogP contribution < -0.4 is 10.6 Å². The Kier molecular flexibility index (Phi) is 8.05. The molecule has 8 heteroatoms. The lowest BCUT2D eigenvalue weighted by Gasteiger charge is -2.24. The maximum absolute atomic E-state index is 13.3. The van der Waals surface area contributed by atoms with Gasteiger partial charge in [0.2, 0.25) is 5.91 Å². The first-order valence-corrected chi connectivity index (χ1v) is 12.9. The van der Waals surface area contributed by atoms with Crippen molar-refractivity contribution >= 4 is 34.9 Å². The lowest BCUT2D eigenvalue weighted by atomic mass is 10.00. The number of nitrogens with one attached hydrogen (secondary N) is 2. The summed E-state index contributed by atoms with van der Waals surface area (Å²) < 4.78 is 5.74. The SMILES string of the molecule is Cc1cccc(CN2C(=O)OC(c3ccc(NC(=O)c4cccs4)cc3)C2C(=O)NCCC(C)C)c1. The van der Waals surface area contributed by atoms with Crippen molar-refractivity contribution in [2.24, 2.45) is 5.92 Å². The first-order chi connectivity index (χ1) is 17.3. The van der Waals surface area contributed by atoms with E-state index in [2.05, 4.69) is 24.5 Å². The number of cyclic esters (lactones) is 1. The minimum Gasteiger partial charge on any atom is -0.438 e. The van der Waals surface area contributed by atoms with E-state index in [9.17, 15) is 14.4 Å². The molecule has 0 radical (unpaired) electrons. The number of carbonyl (C=O) groups is 3. The van der Waals surface area contributed by atoms with E-state index in [0.29, 0.717) is 28.6 Å². The summed E-state index contributed by atoms with van der Waals surface area (Å²) in [4.78, 5) is 40.8. The minimum absolute atomic E-state index is 0.184. The van der Waals surface area contributed by atoms with Crippen LogP contribution in [0.25, 0.3) is 0 Å². The highest BCUT2D eigenvalue weighted by molar-refractivity contribution is 7.12. The van der Waals surface area contributed by atoms with Crippen LogP contribution >= 0.6 is 11.3 Å². The van der Waals surface area contributed by atoms with Gasteiger partial charge < -0.3 is 15.4 Å². The second-order valence-electron chi connectivity index (χ2n) is 9.39. The van der Waals surface area contributed by atoms with Crippen LogP contribution in [0.3, 0.4) is 0 Å². The Morgan fingerprint density at radius 3 is 2.53 bits per heavy atom. The molecule has 2 heterocycles. The molecule has 0 aliphatic carbocycles. The van der Waals surface area contributed by atoms with Crippen molar-refractivity contribution in [3.8, 4) is 0 Å². The van der Waals surface area contributed by atoms with Gasteiger partial charge in [0.05, 0.1) is 11.4 Å². The summed E-state index contributed by atoms with van der Waals surface area (Å²) in [6.07, 6.45) is -0.446. The van der Waals surface area contributed by atoms with Gasteiger partial charge in [-0.05, 0) is 54.0 Å². The third-order valence-electron chi connectivity index (χ3n) is 6.05. The standard InChI is InChI=1S/C28H31N3O4S/c1-18(2)13-14-29-27(33)24-25(35-28(34)31(24)17-20-7-4-6-19(3)16-20)21-9-11-22(12-10-21)30-26(32)23-8-5-15-36-23/h4-12,15-16,18,24-25H,13-14,17H2,1-3H3,(H,29,33)(H,30,32). The molecule has 1 aromatic heterocycles. The van der Waals surface area contributed by atoms with Crippen LogP contribution in [-0.4, -0.2) is 35.4 Å². The third kappa shape index (κ3) is 6.12. The molecule has 2 unspecified atom stereocenters. The van der Waals surface area contributed by atoms with E-state index < -0.39 is 18.2 Å². The number of aryl methyl sites for hydroxylation is 1. The van der Waals surface area contributed by atoms with Gasteiger partial charge in [0.15, 0.2) is 12.1 Å². The number of rotatable bonds is 9. The molecule has 1 fully saturated rings. The Balaban J connectivity index is 1.54. The molecule has 3 amide bonds. The first kappa shape index (κ1) is 25.4. The summed E-state index contributed by atoms with van der Waals surface area (Å²) in [7, 11) is 0. The number of benzene rings is 2. The van der Waals surface area contributed by atoms with Crippen LogP contribution in [0.15, 0.2) is 66.0 Å². The molecule has 0 spiro atoms. The van der Waals surface area contributed by atoms with E-state index in [0.717, 1.165) is 17.5 Å². The van der Waals surface area contributed by atoms with Crippen molar-refractivity contribution in [3.05, 3.63) is 87.6 Å². The van der Waals surface area contributed by atoms with Gasteiger partial charge in [-0.3, -0.25) is 14.5 Å². The maximum Gasteiger partial charge on any atom is 0.411 e. The van der Waals surface area contributed by atoms with Crippen molar-refractivity contribution in [2.75, 3.05) is 11.9 Å². The molecule has 2 atom stereocenters. The zero-order valence-corrected chi connectivity index (χ0v) is 21.5. The molecular formula is C28H31N3O4S. The highest BCUT2D eigenvalue weighted by Gasteiger charge is 2.46. The number of hydrogen-bond acceptors (Lipinski definition) is 5. The van der Waals surface area contributed by atoms with Gasteiger partial charge in [-0.2, -0.15) is 0 Å². The van der Waals surface area contributed by atoms with Crippen molar-refractivity contribution in [2.45, 2.75) is 45.9 Å². The minimum atomic E-state index is -0.809. The molecular weight excluding hydrogens is 474 g/mol. The monoisotopic (exact) mass is 505 g/mol. The topological polar surface area (TPSA) is 87.7 Å². The van der Waals surface area contributed by atoms with Gasteiger partial charge in [-0.25, -0.2) is 4.79 Å². The zero-order valence-electron chi connectivity index (χ0n) is 20.7. The molecule has 2 N–H and O–H groups in total. The van der Waals surface area contributed by atoms with Crippen LogP contribution in [0.1, 0.15) is 52.7 Å². The van der Waals surface area contributed by atoms with Gasteiger partial charge >= 0.3 is 6.09 Å². The molecule has 0 bridgehead atoms. The lowest BCUT2D eigenvalue weighted by molar-refractivity contribution is -0.126. The fourth-order valence-corrected chi connectivity index (χ4v) is 4.78. The largest absolute Gasteiger partial charge is 0.438 e. The summed E-state index contributed by atoms with van der Waals surface area (Å²) in [5.41, 5.74) is 3.32. The van der Waals surface area contributed by atoms with Gasteiger partial charge in [0, 0.05) is 12.2 Å². The van der Waals surface area contributed by atoms with Gasteiger partial charge in [-0.1, -0.05) is 61.9 Å². The van der Waals surface area contributed by atoms with Crippen molar-refractivity contribution in [1.29, 1.82) is 0 Å². The highest BCUT2D eigenvalue weighted by Crippen LogP contribution is 2.34. The third-order valence-corrected chi connectivity index (χ3v) is 6.92. The lowest BCUT2D eigenvalue weighted by Crippen LogP contribution is -2.46. The second-order valence-corrected chi connectivity index (χ2v) is 10.3. The smallest absolute Gasteiger partial charge is 0.411 e. The molecule has 1 saturated heterocycles. The number of anilines is 1. The predicted molar refractivity (Wildman–Crippen MR) is 141 cm³/mol. The van der Waals surface area contributed by atoms with E-state index in [1.54, 1.807) is 30.3 Å². The van der Waals surface area contributed by atoms with Crippen molar-refractivity contribution in [3.63, 3.8) is 0 Å². The van der Waals surface area contributed by atoms with E-state index >= 15 is 0 Å². The number of thiophene rings is 1. The zero-order chi connectivity index (χ0) is 25.7. The Labute approximate surface area is 215 Å². The van der Waals surface area contributed by atoms with Crippen molar-refractivity contribution < 1.29 is 19.1 Å². The fraction of sp³-hybridized carbons (Fsp3) is 0.321. The molecule has 0 saturated carbocycles. The molecule has 3 aromatic rings. The number of nitrogens with zero attached hydrogens (tertiary/aromatic N) is 1. The maximum atomic E-state index is 13.3. The number of carbonyl (C=O) groups excluding carboxylic acids is 3. The van der Waals surface area contributed by atoms with Crippen molar-refractivity contribution in [1.82, 2.24) is 10.2 Å². The van der Waals surface area contributed by atoms with E-state index in [1.807, 2.05) is 42.6 Å². The summed E-state index contributed by atoms with van der Waals surface area (Å²) in [5.74, 6) is 0.0221. The van der Waals surface area contributed by atoms with Gasteiger partial charge in [0.1, 0.15) is 0 Å². The molecule has 1 aliphatic rings. The molecule has 1 aliphatic heterocycles. The Bertz CT molecular complexity index is 1210. The van der Waals surface area contributed by atoms with E-state index in [4.69, 9.17) is 4.74 Å². The summed E-state index contributed by atoms with van der Waals surface area (Å²) in [6, 6.07) is 17.7. The molecule has 188 valence electrons. The normalized spacial score (nSPS) is 17.2. The number of ether oxygens (including phenoxy) is 1. The molecule has 4 rings (SSSR count). The summed E-state index contributed by atoms with van der Waals surface area (Å²) >= 11 is 1.37. The first-order valence-electron chi connectivity index (χ1n) is 12.1. The van der Waals surface area contributed by atoms with Crippen LogP contribution in [0.5, 0.6) is 0 Å². The van der Waals surface area contributed by atoms with Gasteiger partial charge in [-0.15, -0.1) is 11.3 Å². The molecule has 2 aromatic carbocycles. The van der Waals surface area contributed by atoms with Crippen LogP contribution in [0.4, 0.5) is 10.5 Å². The highest BCUT2D eigenvalue weighted by atomic mass is 32.1.